The van der Waals surface area contributed by atoms with Crippen molar-refractivity contribution in [3.05, 3.63) is 167 Å². The average molecular weight is 657 g/mol. The summed E-state index contributed by atoms with van der Waals surface area (Å²) in [5.74, 6) is 0.762. The monoisotopic (exact) mass is 656 g/mol. The Morgan fingerprint density at radius 3 is 1.25 bits per heavy atom. The van der Waals surface area contributed by atoms with Crippen LogP contribution in [0.3, 0.4) is 0 Å². The molecule has 2 heteroatoms. The van der Waals surface area contributed by atoms with Gasteiger partial charge >= 0.3 is 0 Å². The third kappa shape index (κ3) is 4.11. The number of nitrogens with zero attached hydrogens (tertiary/aromatic N) is 2. The van der Waals surface area contributed by atoms with Gasteiger partial charge in [0.2, 0.25) is 0 Å². The van der Waals surface area contributed by atoms with Crippen LogP contribution in [0, 0.1) is 0 Å². The molecule has 7 aromatic rings. The summed E-state index contributed by atoms with van der Waals surface area (Å²) >= 11 is 0. The summed E-state index contributed by atoms with van der Waals surface area (Å²) in [6.45, 7) is 14.0. The van der Waals surface area contributed by atoms with Gasteiger partial charge < -0.3 is 0 Å². The minimum atomic E-state index is -0.108. The summed E-state index contributed by atoms with van der Waals surface area (Å²) < 4.78 is 0. The smallest absolute Gasteiger partial charge is 0.161 e. The van der Waals surface area contributed by atoms with Crippen LogP contribution >= 0.6 is 0 Å². The molecule has 3 aliphatic carbocycles. The van der Waals surface area contributed by atoms with E-state index < -0.39 is 0 Å². The van der Waals surface area contributed by atoms with Crippen molar-refractivity contribution in [1.29, 1.82) is 0 Å². The third-order valence-electron chi connectivity index (χ3n) is 12.3. The van der Waals surface area contributed by atoms with Crippen LogP contribution in [0.5, 0.6) is 0 Å². The Kier molecular flexibility index (Phi) is 6.07. The Morgan fingerprint density at radius 2 is 0.725 bits per heavy atom. The Bertz CT molecular complexity index is 2490. The van der Waals surface area contributed by atoms with E-state index in [0.29, 0.717) is 0 Å². The predicted octanol–water partition coefficient (Wildman–Crippen LogP) is 12.4. The van der Waals surface area contributed by atoms with Gasteiger partial charge in [0, 0.05) is 32.9 Å². The van der Waals surface area contributed by atoms with Gasteiger partial charge in [-0.05, 0) is 85.0 Å². The molecule has 0 amide bonds. The van der Waals surface area contributed by atoms with Crippen LogP contribution in [-0.2, 0) is 16.2 Å². The minimum Gasteiger partial charge on any atom is -0.228 e. The van der Waals surface area contributed by atoms with Crippen molar-refractivity contribution in [3.63, 3.8) is 0 Å². The lowest BCUT2D eigenvalue weighted by atomic mass is 9.81. The second kappa shape index (κ2) is 10.2. The van der Waals surface area contributed by atoms with Crippen molar-refractivity contribution >= 4 is 0 Å². The highest BCUT2D eigenvalue weighted by Crippen LogP contribution is 2.53. The Labute approximate surface area is 300 Å². The zero-order valence-electron chi connectivity index (χ0n) is 30.1. The Hall–Kier alpha value is -5.60. The molecule has 3 aliphatic rings. The van der Waals surface area contributed by atoms with Gasteiger partial charge in [-0.15, -0.1) is 0 Å². The summed E-state index contributed by atoms with van der Waals surface area (Å²) in [5, 5.41) is 0. The molecule has 0 atom stereocenters. The normalized spacial score (nSPS) is 16.1. The van der Waals surface area contributed by atoms with Crippen LogP contribution in [0.15, 0.2) is 133 Å². The molecule has 6 aromatic carbocycles. The summed E-state index contributed by atoms with van der Waals surface area (Å²) in [7, 11) is 0. The first-order valence-electron chi connectivity index (χ1n) is 18.2. The van der Waals surface area contributed by atoms with Crippen molar-refractivity contribution in [2.45, 2.75) is 57.8 Å². The predicted molar refractivity (Wildman–Crippen MR) is 211 cm³/mol. The molecular weight excluding hydrogens is 617 g/mol. The van der Waals surface area contributed by atoms with Gasteiger partial charge in [0.15, 0.2) is 5.82 Å². The molecule has 246 valence electrons. The number of benzene rings is 6. The van der Waals surface area contributed by atoms with E-state index in [1.807, 2.05) is 0 Å². The number of rotatable bonds is 3. The van der Waals surface area contributed by atoms with Crippen molar-refractivity contribution in [3.8, 4) is 67.3 Å². The molecule has 0 saturated carbocycles. The largest absolute Gasteiger partial charge is 0.228 e. The SMILES string of the molecule is CC1(C)c2ccccc2-c2ccc(-c3cc(-c4ccc5c(c4)C(C)(C)c4ccccc4-5)nc(-c4cccc5c4-c4ccccc4C5(C)C)n3)cc21. The van der Waals surface area contributed by atoms with Gasteiger partial charge in [-0.25, -0.2) is 9.97 Å². The molecule has 0 bridgehead atoms. The van der Waals surface area contributed by atoms with Gasteiger partial charge in [0.25, 0.3) is 0 Å². The number of hydrogen-bond donors (Lipinski definition) is 0. The van der Waals surface area contributed by atoms with E-state index in [0.717, 1.165) is 33.9 Å². The van der Waals surface area contributed by atoms with Crippen molar-refractivity contribution < 1.29 is 0 Å². The molecule has 0 saturated heterocycles. The number of fused-ring (bicyclic) bond motifs is 9. The van der Waals surface area contributed by atoms with Crippen molar-refractivity contribution in [1.82, 2.24) is 9.97 Å². The standard InChI is InChI=1S/C49H40N2/c1-47(2)39-20-12-9-16-35(39)45-36(17-13-21-40(45)47)46-50-43(29-22-24-33-31-14-7-10-18-37(31)48(3,4)41(33)26-29)28-44(51-46)30-23-25-34-32-15-8-11-19-38(32)49(5,6)42(34)27-30/h7-28H,1-6H3. The quantitative estimate of drug-likeness (QED) is 0.189. The van der Waals surface area contributed by atoms with Crippen LogP contribution < -0.4 is 0 Å². The summed E-state index contributed by atoms with van der Waals surface area (Å²) in [6.07, 6.45) is 0. The highest BCUT2D eigenvalue weighted by Gasteiger charge is 2.39. The van der Waals surface area contributed by atoms with E-state index in [4.69, 9.17) is 9.97 Å². The maximum atomic E-state index is 5.44. The van der Waals surface area contributed by atoms with Gasteiger partial charge in [-0.2, -0.15) is 0 Å². The molecule has 0 radical (unpaired) electrons. The highest BCUT2D eigenvalue weighted by atomic mass is 14.9. The molecule has 0 spiro atoms. The Morgan fingerprint density at radius 1 is 0.333 bits per heavy atom. The van der Waals surface area contributed by atoms with E-state index in [-0.39, 0.29) is 16.2 Å². The summed E-state index contributed by atoms with van der Waals surface area (Å²) in [5.41, 5.74) is 20.8. The average Bonchev–Trinajstić information content (AvgIpc) is 3.64. The molecular formula is C49H40N2. The number of hydrogen-bond acceptors (Lipinski definition) is 2. The zero-order valence-corrected chi connectivity index (χ0v) is 30.1. The molecule has 51 heavy (non-hydrogen) atoms. The second-order valence-corrected chi connectivity index (χ2v) is 16.2. The molecule has 2 nitrogen and oxygen atoms in total. The van der Waals surface area contributed by atoms with E-state index >= 15 is 0 Å². The second-order valence-electron chi connectivity index (χ2n) is 16.2. The molecule has 1 heterocycles. The lowest BCUT2D eigenvalue weighted by Gasteiger charge is -2.22. The van der Waals surface area contributed by atoms with Crippen molar-refractivity contribution in [2.75, 3.05) is 0 Å². The fourth-order valence-corrected chi connectivity index (χ4v) is 9.53. The van der Waals surface area contributed by atoms with E-state index in [9.17, 15) is 0 Å². The minimum absolute atomic E-state index is 0.100. The molecule has 10 rings (SSSR count). The van der Waals surface area contributed by atoms with Crippen LogP contribution in [-0.4, -0.2) is 9.97 Å². The lowest BCUT2D eigenvalue weighted by Crippen LogP contribution is -2.15. The molecule has 0 fully saturated rings. The van der Waals surface area contributed by atoms with Crippen LogP contribution in [0.1, 0.15) is 74.9 Å². The van der Waals surface area contributed by atoms with Gasteiger partial charge in [0.1, 0.15) is 0 Å². The third-order valence-corrected chi connectivity index (χ3v) is 12.3. The highest BCUT2D eigenvalue weighted by molar-refractivity contribution is 5.92. The maximum absolute atomic E-state index is 5.44. The first-order chi connectivity index (χ1) is 24.5. The molecule has 1 aromatic heterocycles. The Balaban J connectivity index is 1.20. The van der Waals surface area contributed by atoms with Crippen LogP contribution in [0.2, 0.25) is 0 Å². The fourth-order valence-electron chi connectivity index (χ4n) is 9.53. The van der Waals surface area contributed by atoms with Gasteiger partial charge in [0.05, 0.1) is 11.4 Å². The van der Waals surface area contributed by atoms with Gasteiger partial charge in [-0.3, -0.25) is 0 Å². The first kappa shape index (κ1) is 30.2. The molecule has 0 N–H and O–H groups in total. The maximum Gasteiger partial charge on any atom is 0.161 e. The van der Waals surface area contributed by atoms with E-state index in [1.54, 1.807) is 0 Å². The zero-order chi connectivity index (χ0) is 34.9. The van der Waals surface area contributed by atoms with E-state index in [1.165, 1.54) is 66.8 Å². The van der Waals surface area contributed by atoms with Crippen molar-refractivity contribution in [2.24, 2.45) is 0 Å². The summed E-state index contributed by atoms with van der Waals surface area (Å²) in [4.78, 5) is 10.9. The molecule has 0 unspecified atom stereocenters. The summed E-state index contributed by atoms with van der Waals surface area (Å²) in [6, 6.07) is 49.3. The first-order valence-corrected chi connectivity index (χ1v) is 18.2. The van der Waals surface area contributed by atoms with Crippen LogP contribution in [0.4, 0.5) is 0 Å². The molecule has 0 aliphatic heterocycles. The fraction of sp³-hybridized carbons (Fsp3) is 0.184. The van der Waals surface area contributed by atoms with E-state index in [2.05, 4.69) is 175 Å². The van der Waals surface area contributed by atoms with Crippen LogP contribution in [0.25, 0.3) is 67.3 Å². The number of aromatic nitrogens is 2. The van der Waals surface area contributed by atoms with Gasteiger partial charge in [-0.1, -0.05) is 157 Å². The lowest BCUT2D eigenvalue weighted by molar-refractivity contribution is 0.660. The topological polar surface area (TPSA) is 25.8 Å².